The molecule has 166 valence electrons. The Morgan fingerprint density at radius 3 is 2.85 bits per heavy atom. The highest BCUT2D eigenvalue weighted by molar-refractivity contribution is 6.13. The second-order valence-corrected chi connectivity index (χ2v) is 8.45. The van der Waals surface area contributed by atoms with Crippen molar-refractivity contribution in [2.24, 2.45) is 0 Å². The molecular formula is C23H19F2N7O. The molecule has 1 amide bonds. The van der Waals surface area contributed by atoms with Crippen LogP contribution in [0, 0.1) is 6.92 Å². The molecule has 1 saturated carbocycles. The van der Waals surface area contributed by atoms with Crippen molar-refractivity contribution < 1.29 is 13.6 Å². The largest absolute Gasteiger partial charge is 0.324 e. The van der Waals surface area contributed by atoms with Crippen molar-refractivity contribution in [2.75, 3.05) is 10.2 Å². The summed E-state index contributed by atoms with van der Waals surface area (Å²) in [6.07, 6.45) is 5.21. The number of aromatic nitrogens is 5. The molecule has 0 bridgehead atoms. The molecular weight excluding hydrogens is 428 g/mol. The third-order valence-corrected chi connectivity index (χ3v) is 6.26. The Morgan fingerprint density at radius 1 is 1.21 bits per heavy atom. The van der Waals surface area contributed by atoms with Gasteiger partial charge in [0.2, 0.25) is 11.9 Å². The summed E-state index contributed by atoms with van der Waals surface area (Å²) < 4.78 is 26.7. The maximum absolute atomic E-state index is 13.3. The molecule has 4 heterocycles. The summed E-state index contributed by atoms with van der Waals surface area (Å²) in [5.41, 5.74) is 3.26. The molecule has 0 saturated heterocycles. The standard InChI is InChI=1S/C23H19F2N7O/c1-13-7-18-14(3-2-6-26-18)8-17(13)29-22-27-10-16-20(30-22)32(21(33)23(16)4-5-23)15-9-28-31(11-15)12-19(24)25/h2-3,6-11,19H,4-5,12H2,1H3,(H,27,29,30). The van der Waals surface area contributed by atoms with E-state index in [9.17, 15) is 13.6 Å². The number of amides is 1. The smallest absolute Gasteiger partial charge is 0.257 e. The maximum Gasteiger partial charge on any atom is 0.257 e. The Hall–Kier alpha value is -3.95. The molecule has 1 aromatic carbocycles. The minimum absolute atomic E-state index is 0.117. The molecule has 4 aromatic rings. The average molecular weight is 447 g/mol. The van der Waals surface area contributed by atoms with Crippen LogP contribution in [0.1, 0.15) is 24.0 Å². The Kier molecular flexibility index (Phi) is 4.20. The summed E-state index contributed by atoms with van der Waals surface area (Å²) in [5.74, 6) is 0.691. The van der Waals surface area contributed by atoms with Crippen molar-refractivity contribution in [3.8, 4) is 0 Å². The van der Waals surface area contributed by atoms with E-state index in [1.54, 1.807) is 12.4 Å². The monoisotopic (exact) mass is 447 g/mol. The number of carbonyl (C=O) groups excluding carboxylic acids is 1. The van der Waals surface area contributed by atoms with Crippen LogP contribution in [-0.2, 0) is 16.8 Å². The van der Waals surface area contributed by atoms with Gasteiger partial charge < -0.3 is 5.32 Å². The molecule has 2 aliphatic rings. The number of nitrogens with one attached hydrogen (secondary N) is 1. The van der Waals surface area contributed by atoms with Gasteiger partial charge in [0.05, 0.1) is 22.8 Å². The second-order valence-electron chi connectivity index (χ2n) is 8.45. The number of nitrogens with zero attached hydrogens (tertiary/aromatic N) is 6. The van der Waals surface area contributed by atoms with Crippen LogP contribution in [0.4, 0.5) is 31.9 Å². The molecule has 8 nitrogen and oxygen atoms in total. The topological polar surface area (TPSA) is 88.8 Å². The van der Waals surface area contributed by atoms with Gasteiger partial charge in [-0.25, -0.2) is 13.8 Å². The number of alkyl halides is 2. The number of carbonyl (C=O) groups is 1. The van der Waals surface area contributed by atoms with Gasteiger partial charge in [-0.05, 0) is 43.5 Å². The van der Waals surface area contributed by atoms with E-state index in [1.807, 2.05) is 31.2 Å². The van der Waals surface area contributed by atoms with Gasteiger partial charge in [0.15, 0.2) is 0 Å². The van der Waals surface area contributed by atoms with E-state index in [1.165, 1.54) is 17.3 Å². The fraction of sp³-hybridized carbons (Fsp3) is 0.261. The van der Waals surface area contributed by atoms with Crippen molar-refractivity contribution in [1.29, 1.82) is 0 Å². The maximum atomic E-state index is 13.3. The Balaban J connectivity index is 1.38. The SMILES string of the molecule is Cc1cc2ncccc2cc1Nc1ncc2c(n1)N(c1cnn(CC(F)F)c1)C(=O)C21CC1. The van der Waals surface area contributed by atoms with E-state index >= 15 is 0 Å². The predicted octanol–water partition coefficient (Wildman–Crippen LogP) is 4.25. The summed E-state index contributed by atoms with van der Waals surface area (Å²) in [7, 11) is 0. The first kappa shape index (κ1) is 19.7. The van der Waals surface area contributed by atoms with Crippen LogP contribution in [0.25, 0.3) is 10.9 Å². The summed E-state index contributed by atoms with van der Waals surface area (Å²) in [5, 5.41) is 8.22. The minimum atomic E-state index is -2.53. The molecule has 1 N–H and O–H groups in total. The van der Waals surface area contributed by atoms with Crippen molar-refractivity contribution in [2.45, 2.75) is 38.2 Å². The van der Waals surface area contributed by atoms with Gasteiger partial charge in [0.25, 0.3) is 6.43 Å². The van der Waals surface area contributed by atoms with E-state index in [0.717, 1.165) is 32.4 Å². The number of fused-ring (bicyclic) bond motifs is 3. The van der Waals surface area contributed by atoms with Crippen LogP contribution in [0.2, 0.25) is 0 Å². The van der Waals surface area contributed by atoms with Crippen molar-refractivity contribution in [1.82, 2.24) is 24.7 Å². The fourth-order valence-corrected chi connectivity index (χ4v) is 4.40. The molecule has 33 heavy (non-hydrogen) atoms. The second kappa shape index (κ2) is 7.03. The van der Waals surface area contributed by atoms with E-state index in [0.29, 0.717) is 30.3 Å². The van der Waals surface area contributed by atoms with Crippen molar-refractivity contribution in [3.05, 3.63) is 60.2 Å². The number of rotatable bonds is 5. The zero-order valence-electron chi connectivity index (χ0n) is 17.7. The summed E-state index contributed by atoms with van der Waals surface area (Å²) >= 11 is 0. The lowest BCUT2D eigenvalue weighted by atomic mass is 10.0. The van der Waals surface area contributed by atoms with E-state index in [-0.39, 0.29) is 5.91 Å². The third kappa shape index (κ3) is 3.12. The number of hydrogen-bond donors (Lipinski definition) is 1. The number of pyridine rings is 1. The molecule has 1 spiro atoms. The molecule has 1 aliphatic heterocycles. The summed E-state index contributed by atoms with van der Waals surface area (Å²) in [6, 6.07) is 7.82. The van der Waals surface area contributed by atoms with E-state index < -0.39 is 18.4 Å². The van der Waals surface area contributed by atoms with Crippen LogP contribution in [0.3, 0.4) is 0 Å². The van der Waals surface area contributed by atoms with Gasteiger partial charge >= 0.3 is 0 Å². The first-order valence-electron chi connectivity index (χ1n) is 10.6. The first-order chi connectivity index (χ1) is 15.9. The zero-order chi connectivity index (χ0) is 22.7. The van der Waals surface area contributed by atoms with Gasteiger partial charge in [0.1, 0.15) is 12.4 Å². The molecule has 10 heteroatoms. The summed E-state index contributed by atoms with van der Waals surface area (Å²) in [6.45, 7) is 1.43. The van der Waals surface area contributed by atoms with Crippen LogP contribution in [0.5, 0.6) is 0 Å². The molecule has 6 rings (SSSR count). The fourth-order valence-electron chi connectivity index (χ4n) is 4.40. The van der Waals surface area contributed by atoms with E-state index in [2.05, 4.69) is 25.4 Å². The molecule has 3 aromatic heterocycles. The van der Waals surface area contributed by atoms with Crippen molar-refractivity contribution >= 4 is 40.0 Å². The number of anilines is 4. The van der Waals surface area contributed by atoms with Crippen LogP contribution in [0.15, 0.2) is 49.1 Å². The average Bonchev–Trinajstić information content (AvgIpc) is 3.41. The Labute approximate surface area is 187 Å². The lowest BCUT2D eigenvalue weighted by molar-refractivity contribution is -0.119. The summed E-state index contributed by atoms with van der Waals surface area (Å²) in [4.78, 5) is 28.3. The molecule has 0 unspecified atom stereocenters. The highest BCUT2D eigenvalue weighted by Crippen LogP contribution is 2.58. The molecule has 1 aliphatic carbocycles. The number of hydrogen-bond acceptors (Lipinski definition) is 6. The molecule has 0 atom stereocenters. The normalized spacial score (nSPS) is 16.1. The van der Waals surface area contributed by atoms with Crippen LogP contribution >= 0.6 is 0 Å². The lowest BCUT2D eigenvalue weighted by Gasteiger charge is -2.15. The van der Waals surface area contributed by atoms with Gasteiger partial charge in [-0.15, -0.1) is 0 Å². The van der Waals surface area contributed by atoms with Gasteiger partial charge in [-0.3, -0.25) is 19.4 Å². The quantitative estimate of drug-likeness (QED) is 0.492. The number of benzene rings is 1. The van der Waals surface area contributed by atoms with Crippen molar-refractivity contribution in [3.63, 3.8) is 0 Å². The number of halogens is 2. The third-order valence-electron chi connectivity index (χ3n) is 6.26. The highest BCUT2D eigenvalue weighted by atomic mass is 19.3. The van der Waals surface area contributed by atoms with Gasteiger partial charge in [-0.2, -0.15) is 10.1 Å². The zero-order valence-corrected chi connectivity index (χ0v) is 17.7. The van der Waals surface area contributed by atoms with E-state index in [4.69, 9.17) is 0 Å². The first-order valence-corrected chi connectivity index (χ1v) is 10.6. The lowest BCUT2D eigenvalue weighted by Crippen LogP contribution is -2.28. The van der Waals surface area contributed by atoms with Crippen LogP contribution in [-0.4, -0.2) is 37.1 Å². The molecule has 0 radical (unpaired) electrons. The molecule has 1 fully saturated rings. The Morgan fingerprint density at radius 2 is 2.06 bits per heavy atom. The van der Waals surface area contributed by atoms with Gasteiger partial charge in [-0.1, -0.05) is 6.07 Å². The number of aryl methyl sites for hydroxylation is 1. The predicted molar refractivity (Wildman–Crippen MR) is 118 cm³/mol. The Bertz CT molecular complexity index is 1410. The minimum Gasteiger partial charge on any atom is -0.324 e. The highest BCUT2D eigenvalue weighted by Gasteiger charge is 2.60. The van der Waals surface area contributed by atoms with Crippen LogP contribution < -0.4 is 10.2 Å². The van der Waals surface area contributed by atoms with Gasteiger partial charge in [0, 0.05) is 35.2 Å².